The first kappa shape index (κ1) is 12.2. The van der Waals surface area contributed by atoms with Crippen LogP contribution < -0.4 is 9.64 Å². The Kier molecular flexibility index (Phi) is 3.51. The predicted molar refractivity (Wildman–Crippen MR) is 75.1 cm³/mol. The lowest BCUT2D eigenvalue weighted by atomic mass is 10.2. The van der Waals surface area contributed by atoms with Crippen LogP contribution in [0.1, 0.15) is 12.0 Å². The van der Waals surface area contributed by atoms with Crippen molar-refractivity contribution in [3.63, 3.8) is 0 Å². The lowest BCUT2D eigenvalue weighted by molar-refractivity contribution is 0.322. The normalized spacial score (nSPS) is 14.5. The molecule has 4 nitrogen and oxygen atoms in total. The Morgan fingerprint density at radius 1 is 1.21 bits per heavy atom. The SMILES string of the molecule is ClCc1cnc(N2CCCOc3ccccc32)nc1. The van der Waals surface area contributed by atoms with Crippen LogP contribution in [0.2, 0.25) is 0 Å². The Morgan fingerprint density at radius 2 is 2.00 bits per heavy atom. The molecule has 0 fully saturated rings. The summed E-state index contributed by atoms with van der Waals surface area (Å²) in [5.41, 5.74) is 1.93. The third-order valence-electron chi connectivity index (χ3n) is 3.03. The molecule has 1 aliphatic rings. The van der Waals surface area contributed by atoms with Crippen LogP contribution in [0.25, 0.3) is 0 Å². The van der Waals surface area contributed by atoms with E-state index in [1.165, 1.54) is 0 Å². The van der Waals surface area contributed by atoms with Crippen LogP contribution in [0.15, 0.2) is 36.7 Å². The largest absolute Gasteiger partial charge is 0.491 e. The number of benzene rings is 1. The molecule has 2 heterocycles. The number of para-hydroxylation sites is 2. The van der Waals surface area contributed by atoms with E-state index in [4.69, 9.17) is 16.3 Å². The van der Waals surface area contributed by atoms with Gasteiger partial charge in [0.2, 0.25) is 5.95 Å². The molecular formula is C14H14ClN3O. The molecule has 2 aromatic rings. The van der Waals surface area contributed by atoms with E-state index in [1.54, 1.807) is 12.4 Å². The molecule has 0 unspecified atom stereocenters. The van der Waals surface area contributed by atoms with Gasteiger partial charge >= 0.3 is 0 Å². The van der Waals surface area contributed by atoms with Gasteiger partial charge in [-0.1, -0.05) is 12.1 Å². The first-order chi connectivity index (χ1) is 9.38. The monoisotopic (exact) mass is 275 g/mol. The number of fused-ring (bicyclic) bond motifs is 1. The zero-order valence-corrected chi connectivity index (χ0v) is 11.2. The molecule has 0 saturated carbocycles. The highest BCUT2D eigenvalue weighted by molar-refractivity contribution is 6.17. The molecule has 0 amide bonds. The molecule has 0 spiro atoms. The van der Waals surface area contributed by atoms with Gasteiger partial charge in [0.25, 0.3) is 0 Å². The van der Waals surface area contributed by atoms with Gasteiger partial charge in [-0.3, -0.25) is 0 Å². The lowest BCUT2D eigenvalue weighted by Crippen LogP contribution is -2.20. The summed E-state index contributed by atoms with van der Waals surface area (Å²) in [6, 6.07) is 7.97. The molecule has 5 heteroatoms. The van der Waals surface area contributed by atoms with Crippen LogP contribution >= 0.6 is 11.6 Å². The number of ether oxygens (including phenoxy) is 1. The average Bonchev–Trinajstić information content (AvgIpc) is 2.70. The maximum Gasteiger partial charge on any atom is 0.229 e. The number of halogens is 1. The fraction of sp³-hybridized carbons (Fsp3) is 0.286. The van der Waals surface area contributed by atoms with E-state index in [1.807, 2.05) is 24.3 Å². The fourth-order valence-corrected chi connectivity index (χ4v) is 2.23. The molecular weight excluding hydrogens is 262 g/mol. The van der Waals surface area contributed by atoms with Crippen molar-refractivity contribution in [2.24, 2.45) is 0 Å². The summed E-state index contributed by atoms with van der Waals surface area (Å²) in [5, 5.41) is 0. The third-order valence-corrected chi connectivity index (χ3v) is 3.34. The first-order valence-corrected chi connectivity index (χ1v) is 6.78. The minimum Gasteiger partial charge on any atom is -0.491 e. The van der Waals surface area contributed by atoms with E-state index >= 15 is 0 Å². The van der Waals surface area contributed by atoms with E-state index in [2.05, 4.69) is 14.9 Å². The number of nitrogens with zero attached hydrogens (tertiary/aromatic N) is 3. The summed E-state index contributed by atoms with van der Waals surface area (Å²) in [5.74, 6) is 2.00. The van der Waals surface area contributed by atoms with Crippen molar-refractivity contribution in [2.45, 2.75) is 12.3 Å². The number of aromatic nitrogens is 2. The molecule has 19 heavy (non-hydrogen) atoms. The molecule has 1 aromatic carbocycles. The first-order valence-electron chi connectivity index (χ1n) is 6.25. The van der Waals surface area contributed by atoms with Crippen LogP contribution in [-0.4, -0.2) is 23.1 Å². The predicted octanol–water partition coefficient (Wildman–Crippen LogP) is 3.14. The van der Waals surface area contributed by atoms with Crippen LogP contribution in [0.5, 0.6) is 5.75 Å². The van der Waals surface area contributed by atoms with Gasteiger partial charge in [0.1, 0.15) is 5.75 Å². The van der Waals surface area contributed by atoms with Gasteiger partial charge in [0, 0.05) is 24.5 Å². The second-order valence-corrected chi connectivity index (χ2v) is 4.61. The summed E-state index contributed by atoms with van der Waals surface area (Å²) < 4.78 is 5.73. The zero-order valence-electron chi connectivity index (χ0n) is 10.4. The fourth-order valence-electron chi connectivity index (χ4n) is 2.09. The van der Waals surface area contributed by atoms with Crippen molar-refractivity contribution in [3.8, 4) is 5.75 Å². The molecule has 0 aliphatic carbocycles. The Labute approximate surface area is 117 Å². The van der Waals surface area contributed by atoms with Crippen LogP contribution in [0, 0.1) is 0 Å². The second-order valence-electron chi connectivity index (χ2n) is 4.35. The number of hydrogen-bond acceptors (Lipinski definition) is 4. The number of rotatable bonds is 2. The number of alkyl halides is 1. The van der Waals surface area contributed by atoms with Gasteiger partial charge in [-0.25, -0.2) is 9.97 Å². The van der Waals surface area contributed by atoms with Gasteiger partial charge < -0.3 is 9.64 Å². The zero-order chi connectivity index (χ0) is 13.1. The molecule has 0 N–H and O–H groups in total. The van der Waals surface area contributed by atoms with E-state index in [0.29, 0.717) is 18.4 Å². The second kappa shape index (κ2) is 5.45. The van der Waals surface area contributed by atoms with Crippen LogP contribution in [0.4, 0.5) is 11.6 Å². The van der Waals surface area contributed by atoms with Gasteiger partial charge in [-0.2, -0.15) is 0 Å². The molecule has 98 valence electrons. The summed E-state index contributed by atoms with van der Waals surface area (Å²) >= 11 is 5.76. The molecule has 0 radical (unpaired) electrons. The molecule has 0 saturated heterocycles. The Morgan fingerprint density at radius 3 is 2.79 bits per heavy atom. The number of hydrogen-bond donors (Lipinski definition) is 0. The van der Waals surface area contributed by atoms with Gasteiger partial charge in [0.05, 0.1) is 18.2 Å². The van der Waals surface area contributed by atoms with Crippen molar-refractivity contribution >= 4 is 23.2 Å². The van der Waals surface area contributed by atoms with Crippen molar-refractivity contribution in [3.05, 3.63) is 42.2 Å². The van der Waals surface area contributed by atoms with Crippen LogP contribution in [0.3, 0.4) is 0 Å². The molecule has 1 aliphatic heterocycles. The highest BCUT2D eigenvalue weighted by Gasteiger charge is 2.19. The minimum absolute atomic E-state index is 0.431. The van der Waals surface area contributed by atoms with Gasteiger partial charge in [0.15, 0.2) is 0 Å². The third kappa shape index (κ3) is 2.49. The smallest absolute Gasteiger partial charge is 0.229 e. The van der Waals surface area contributed by atoms with Crippen molar-refractivity contribution in [2.75, 3.05) is 18.1 Å². The lowest BCUT2D eigenvalue weighted by Gasteiger charge is -2.21. The van der Waals surface area contributed by atoms with Crippen LogP contribution in [-0.2, 0) is 5.88 Å². The van der Waals surface area contributed by atoms with Crippen molar-refractivity contribution < 1.29 is 4.74 Å². The summed E-state index contributed by atoms with van der Waals surface area (Å²) in [6.07, 6.45) is 4.47. The molecule has 0 atom stereocenters. The van der Waals surface area contributed by atoms with E-state index in [9.17, 15) is 0 Å². The number of anilines is 2. The average molecular weight is 276 g/mol. The standard InChI is InChI=1S/C14H14ClN3O/c15-8-11-9-16-14(17-10-11)18-6-3-7-19-13-5-2-1-4-12(13)18/h1-2,4-5,9-10H,3,6-8H2. The Bertz CT molecular complexity index is 559. The molecule has 0 bridgehead atoms. The maximum absolute atomic E-state index is 5.76. The minimum atomic E-state index is 0.431. The van der Waals surface area contributed by atoms with E-state index < -0.39 is 0 Å². The van der Waals surface area contributed by atoms with E-state index in [0.717, 1.165) is 30.0 Å². The van der Waals surface area contributed by atoms with Crippen molar-refractivity contribution in [1.82, 2.24) is 9.97 Å². The van der Waals surface area contributed by atoms with Gasteiger partial charge in [-0.15, -0.1) is 11.6 Å². The Hall–Kier alpha value is -1.81. The Balaban J connectivity index is 1.99. The molecule has 1 aromatic heterocycles. The maximum atomic E-state index is 5.76. The molecule has 3 rings (SSSR count). The highest BCUT2D eigenvalue weighted by atomic mass is 35.5. The summed E-state index contributed by atoms with van der Waals surface area (Å²) in [4.78, 5) is 10.9. The highest BCUT2D eigenvalue weighted by Crippen LogP contribution is 2.33. The summed E-state index contributed by atoms with van der Waals surface area (Å²) in [7, 11) is 0. The quantitative estimate of drug-likeness (QED) is 0.789. The van der Waals surface area contributed by atoms with Crippen molar-refractivity contribution in [1.29, 1.82) is 0 Å². The van der Waals surface area contributed by atoms with E-state index in [-0.39, 0.29) is 0 Å². The van der Waals surface area contributed by atoms with Gasteiger partial charge in [-0.05, 0) is 18.6 Å². The topological polar surface area (TPSA) is 38.2 Å². The summed E-state index contributed by atoms with van der Waals surface area (Å²) in [6.45, 7) is 1.56.